The summed E-state index contributed by atoms with van der Waals surface area (Å²) in [6.07, 6.45) is 0.700. The van der Waals surface area contributed by atoms with Gasteiger partial charge in [-0.3, -0.25) is 4.79 Å². The van der Waals surface area contributed by atoms with Gasteiger partial charge in [0.05, 0.1) is 45.4 Å². The first-order valence-corrected chi connectivity index (χ1v) is 9.70. The fourth-order valence-electron chi connectivity index (χ4n) is 1.90. The summed E-state index contributed by atoms with van der Waals surface area (Å²) in [5, 5.41) is 0. The lowest BCUT2D eigenvalue weighted by molar-refractivity contribution is -0.121. The largest absolute Gasteiger partial charge is 0.378 e. The molecule has 5 nitrogen and oxygen atoms in total. The van der Waals surface area contributed by atoms with Crippen molar-refractivity contribution < 1.29 is 23.8 Å². The minimum atomic E-state index is 0.0622. The average Bonchev–Trinajstić information content (AvgIpc) is 2.61. The quantitative estimate of drug-likeness (QED) is 0.418. The summed E-state index contributed by atoms with van der Waals surface area (Å²) in [6, 6.07) is 10.0. The van der Waals surface area contributed by atoms with E-state index in [1.807, 2.05) is 30.3 Å². The van der Waals surface area contributed by atoms with Crippen molar-refractivity contribution in [2.45, 2.75) is 26.4 Å². The van der Waals surface area contributed by atoms with Gasteiger partial charge < -0.3 is 19.0 Å². The monoisotopic (exact) mass is 368 g/mol. The van der Waals surface area contributed by atoms with Crippen LogP contribution in [0.1, 0.15) is 25.3 Å². The van der Waals surface area contributed by atoms with Crippen molar-refractivity contribution in [2.24, 2.45) is 0 Å². The molecule has 0 fully saturated rings. The van der Waals surface area contributed by atoms with Gasteiger partial charge in [-0.2, -0.15) is 11.8 Å². The Morgan fingerprint density at radius 1 is 0.880 bits per heavy atom. The Morgan fingerprint density at radius 3 is 2.20 bits per heavy atom. The summed E-state index contributed by atoms with van der Waals surface area (Å²) in [7, 11) is 0. The van der Waals surface area contributed by atoms with E-state index in [-0.39, 0.29) is 11.6 Å². The summed E-state index contributed by atoms with van der Waals surface area (Å²) in [5.41, 5.74) is 1.16. The summed E-state index contributed by atoms with van der Waals surface area (Å²) in [4.78, 5) is 22.2. The van der Waals surface area contributed by atoms with Crippen LogP contribution in [-0.2, 0) is 30.4 Å². The summed E-state index contributed by atoms with van der Waals surface area (Å²) in [6.45, 7) is 4.89. The van der Waals surface area contributed by atoms with E-state index in [4.69, 9.17) is 14.2 Å². The highest BCUT2D eigenvalue weighted by Gasteiger charge is 2.03. The van der Waals surface area contributed by atoms with Gasteiger partial charge in [0.2, 0.25) is 0 Å². The van der Waals surface area contributed by atoms with Crippen LogP contribution in [0, 0.1) is 0 Å². The van der Waals surface area contributed by atoms with Crippen molar-refractivity contribution in [3.8, 4) is 0 Å². The summed E-state index contributed by atoms with van der Waals surface area (Å²) in [5.74, 6) is 1.41. The van der Waals surface area contributed by atoms with Gasteiger partial charge in [0.25, 0.3) is 0 Å². The molecule has 0 saturated carbocycles. The van der Waals surface area contributed by atoms with E-state index in [2.05, 4.69) is 0 Å². The van der Waals surface area contributed by atoms with Gasteiger partial charge in [0, 0.05) is 18.6 Å². The molecule has 0 heterocycles. The number of carbonyl (C=O) groups excluding carboxylic acids is 2. The minimum absolute atomic E-state index is 0.0622. The predicted octanol–water partition coefficient (Wildman–Crippen LogP) is 2.91. The Bertz CT molecular complexity index is 478. The Morgan fingerprint density at radius 2 is 1.52 bits per heavy atom. The van der Waals surface area contributed by atoms with Crippen molar-refractivity contribution >= 4 is 23.3 Å². The van der Waals surface area contributed by atoms with Gasteiger partial charge in [0.15, 0.2) is 0 Å². The maximum Gasteiger partial charge on any atom is 0.143 e. The summed E-state index contributed by atoms with van der Waals surface area (Å²) >= 11 is 1.54. The lowest BCUT2D eigenvalue weighted by Gasteiger charge is -2.07. The number of ether oxygens (including phenoxy) is 3. The van der Waals surface area contributed by atoms with Crippen LogP contribution >= 0.6 is 11.8 Å². The zero-order valence-electron chi connectivity index (χ0n) is 14.9. The van der Waals surface area contributed by atoms with Gasteiger partial charge in [-0.05, 0) is 12.5 Å². The van der Waals surface area contributed by atoms with Gasteiger partial charge in [-0.25, -0.2) is 0 Å². The van der Waals surface area contributed by atoms with E-state index in [1.165, 1.54) is 18.7 Å². The number of ketones is 2. The van der Waals surface area contributed by atoms with E-state index >= 15 is 0 Å². The third-order valence-electron chi connectivity index (χ3n) is 3.25. The first-order chi connectivity index (χ1) is 12.2. The molecule has 25 heavy (non-hydrogen) atoms. The molecular weight excluding hydrogens is 340 g/mol. The van der Waals surface area contributed by atoms with Crippen LogP contribution in [0.4, 0.5) is 0 Å². The molecule has 1 aromatic rings. The van der Waals surface area contributed by atoms with E-state index in [0.29, 0.717) is 58.2 Å². The van der Waals surface area contributed by atoms with Crippen LogP contribution in [-0.4, -0.2) is 56.1 Å². The number of hydrogen-bond donors (Lipinski definition) is 0. The predicted molar refractivity (Wildman–Crippen MR) is 100.0 cm³/mol. The van der Waals surface area contributed by atoms with Gasteiger partial charge in [-0.1, -0.05) is 30.3 Å². The van der Waals surface area contributed by atoms with Crippen LogP contribution in [0.15, 0.2) is 30.3 Å². The third-order valence-corrected chi connectivity index (χ3v) is 4.23. The molecule has 0 unspecified atom stereocenters. The zero-order chi connectivity index (χ0) is 18.2. The molecule has 0 atom stereocenters. The first-order valence-electron chi connectivity index (χ1n) is 8.54. The molecule has 0 aromatic heterocycles. The number of carbonyl (C=O) groups is 2. The number of Topliss-reactive ketones (excluding diaryl/α,β-unsaturated/α-hetero) is 2. The topological polar surface area (TPSA) is 61.8 Å². The number of rotatable bonds is 16. The molecule has 0 N–H and O–H groups in total. The first kappa shape index (κ1) is 21.8. The molecule has 0 amide bonds. The molecule has 6 heteroatoms. The van der Waals surface area contributed by atoms with E-state index in [9.17, 15) is 9.59 Å². The highest BCUT2D eigenvalue weighted by atomic mass is 32.2. The molecule has 0 aliphatic heterocycles. The lowest BCUT2D eigenvalue weighted by atomic mass is 10.2. The molecule has 0 aliphatic rings. The SMILES string of the molecule is CC(=O)CCC(=O)CSCCOCCOCCOCc1ccccc1. The van der Waals surface area contributed by atoms with Crippen LogP contribution in [0.2, 0.25) is 0 Å². The Balaban J connectivity index is 1.78. The second kappa shape index (κ2) is 15.1. The molecule has 0 radical (unpaired) electrons. The number of thioether (sulfide) groups is 1. The standard InChI is InChI=1S/C19H28O5S/c1-17(20)7-8-19(21)16-25-14-13-23-10-9-22-11-12-24-15-18-5-3-2-4-6-18/h2-6H,7-16H2,1H3. The minimum Gasteiger partial charge on any atom is -0.378 e. The van der Waals surface area contributed by atoms with Crippen LogP contribution in [0.3, 0.4) is 0 Å². The Labute approximate surface area is 154 Å². The normalized spacial score (nSPS) is 10.8. The summed E-state index contributed by atoms with van der Waals surface area (Å²) < 4.78 is 16.4. The molecule has 0 saturated heterocycles. The zero-order valence-corrected chi connectivity index (χ0v) is 15.7. The second-order valence-corrected chi connectivity index (χ2v) is 6.66. The van der Waals surface area contributed by atoms with Crippen molar-refractivity contribution in [1.82, 2.24) is 0 Å². The highest BCUT2D eigenvalue weighted by Crippen LogP contribution is 2.04. The van der Waals surface area contributed by atoms with Crippen LogP contribution in [0.25, 0.3) is 0 Å². The second-order valence-electron chi connectivity index (χ2n) is 5.56. The van der Waals surface area contributed by atoms with Crippen molar-refractivity contribution in [1.29, 1.82) is 0 Å². The van der Waals surface area contributed by atoms with Crippen molar-refractivity contribution in [3.05, 3.63) is 35.9 Å². The third kappa shape index (κ3) is 13.7. The fraction of sp³-hybridized carbons (Fsp3) is 0.579. The van der Waals surface area contributed by atoms with E-state index in [1.54, 1.807) is 0 Å². The van der Waals surface area contributed by atoms with Crippen LogP contribution < -0.4 is 0 Å². The lowest BCUT2D eigenvalue weighted by Crippen LogP contribution is -2.11. The maximum absolute atomic E-state index is 11.5. The van der Waals surface area contributed by atoms with Crippen molar-refractivity contribution in [2.75, 3.05) is 44.5 Å². The molecule has 0 bridgehead atoms. The van der Waals surface area contributed by atoms with Gasteiger partial charge in [-0.15, -0.1) is 0 Å². The molecule has 1 rings (SSSR count). The average molecular weight is 368 g/mol. The molecule has 0 aliphatic carbocycles. The molecule has 140 valence electrons. The Kier molecular flexibility index (Phi) is 13.2. The van der Waals surface area contributed by atoms with E-state index < -0.39 is 0 Å². The van der Waals surface area contributed by atoms with E-state index in [0.717, 1.165) is 11.3 Å². The maximum atomic E-state index is 11.5. The molecule has 0 spiro atoms. The van der Waals surface area contributed by atoms with Gasteiger partial charge in [0.1, 0.15) is 11.6 Å². The highest BCUT2D eigenvalue weighted by molar-refractivity contribution is 7.99. The fourth-order valence-corrected chi connectivity index (χ4v) is 2.65. The van der Waals surface area contributed by atoms with Crippen LogP contribution in [0.5, 0.6) is 0 Å². The van der Waals surface area contributed by atoms with Crippen molar-refractivity contribution in [3.63, 3.8) is 0 Å². The molecular formula is C19H28O5S. The smallest absolute Gasteiger partial charge is 0.143 e. The Hall–Kier alpha value is -1.21. The number of benzene rings is 1. The molecule has 1 aromatic carbocycles. The van der Waals surface area contributed by atoms with Gasteiger partial charge >= 0.3 is 0 Å². The number of hydrogen-bond acceptors (Lipinski definition) is 6.